The molecule has 0 unspecified atom stereocenters. The number of thiol groups is 1. The van der Waals surface area contributed by atoms with Crippen molar-refractivity contribution in [3.63, 3.8) is 0 Å². The molecule has 0 heterocycles. The lowest BCUT2D eigenvalue weighted by molar-refractivity contribution is 1.42. The highest BCUT2D eigenvalue weighted by Crippen LogP contribution is 2.34. The van der Waals surface area contributed by atoms with Gasteiger partial charge in [0.25, 0.3) is 0 Å². The summed E-state index contributed by atoms with van der Waals surface area (Å²) in [7, 11) is 0. The Hall–Kier alpha value is -5.19. The van der Waals surface area contributed by atoms with Crippen LogP contribution in [0.3, 0.4) is 0 Å². The van der Waals surface area contributed by atoms with Gasteiger partial charge in [-0.25, -0.2) is 4.99 Å². The summed E-state index contributed by atoms with van der Waals surface area (Å²) in [5, 5.41) is 12.4. The van der Waals surface area contributed by atoms with Crippen molar-refractivity contribution in [2.24, 2.45) is 4.99 Å². The molecule has 2 N–H and O–H groups in total. The van der Waals surface area contributed by atoms with E-state index in [0.717, 1.165) is 60.8 Å². The third kappa shape index (κ3) is 5.95. The standard InChI is InChI=1S/C38H29N3S/c39-38(30-21-19-28(20-22-30)27-11-3-1-4-12-27)34-16-7-9-17-35(34)40-26-41-36-25-31(33-15-8-10-18-37(33)42)23-24-32(36)29-13-5-2-6-14-29/h1-26,39,42H,(H,40,41). The summed E-state index contributed by atoms with van der Waals surface area (Å²) in [4.78, 5) is 5.70. The van der Waals surface area contributed by atoms with Crippen LogP contribution in [0.1, 0.15) is 11.1 Å². The number of aliphatic imine (C=N–C) groups is 1. The lowest BCUT2D eigenvalue weighted by atomic mass is 9.98. The Morgan fingerprint density at radius 1 is 0.571 bits per heavy atom. The molecule has 0 saturated heterocycles. The van der Waals surface area contributed by atoms with Gasteiger partial charge in [0.1, 0.15) is 0 Å². The Balaban J connectivity index is 1.29. The van der Waals surface area contributed by atoms with Crippen LogP contribution in [0.4, 0.5) is 11.4 Å². The van der Waals surface area contributed by atoms with Gasteiger partial charge in [-0.1, -0.05) is 133 Å². The van der Waals surface area contributed by atoms with E-state index in [0.29, 0.717) is 5.71 Å². The highest BCUT2D eigenvalue weighted by molar-refractivity contribution is 7.80. The van der Waals surface area contributed by atoms with E-state index < -0.39 is 0 Å². The third-order valence-corrected chi connectivity index (χ3v) is 7.59. The molecule has 6 aromatic carbocycles. The minimum Gasteiger partial charge on any atom is -0.346 e. The van der Waals surface area contributed by atoms with E-state index in [2.05, 4.69) is 78.6 Å². The first-order chi connectivity index (χ1) is 20.7. The molecule has 0 aliphatic heterocycles. The number of nitrogens with one attached hydrogen (secondary N) is 2. The van der Waals surface area contributed by atoms with Crippen LogP contribution in [0, 0.1) is 5.41 Å². The summed E-state index contributed by atoms with van der Waals surface area (Å²) in [5.41, 5.74) is 10.3. The maximum absolute atomic E-state index is 8.97. The first kappa shape index (κ1) is 27.0. The lowest BCUT2D eigenvalue weighted by Gasteiger charge is -2.13. The molecule has 6 rings (SSSR count). The topological polar surface area (TPSA) is 48.2 Å². The van der Waals surface area contributed by atoms with Crippen molar-refractivity contribution in [2.45, 2.75) is 4.90 Å². The second-order valence-electron chi connectivity index (χ2n) is 9.88. The zero-order valence-electron chi connectivity index (χ0n) is 22.9. The van der Waals surface area contributed by atoms with Crippen LogP contribution in [-0.2, 0) is 0 Å². The predicted molar refractivity (Wildman–Crippen MR) is 181 cm³/mol. The fraction of sp³-hybridized carbons (Fsp3) is 0. The summed E-state index contributed by atoms with van der Waals surface area (Å²) in [6, 6.07) is 50.9. The largest absolute Gasteiger partial charge is 0.346 e. The Morgan fingerprint density at radius 3 is 1.90 bits per heavy atom. The first-order valence-corrected chi connectivity index (χ1v) is 14.2. The average molecular weight is 560 g/mol. The second-order valence-corrected chi connectivity index (χ2v) is 10.4. The Kier molecular flexibility index (Phi) is 8.07. The molecular weight excluding hydrogens is 531 g/mol. The number of anilines is 1. The molecule has 0 saturated carbocycles. The van der Waals surface area contributed by atoms with Crippen LogP contribution in [0.25, 0.3) is 33.4 Å². The zero-order valence-corrected chi connectivity index (χ0v) is 23.8. The van der Waals surface area contributed by atoms with Crippen LogP contribution in [-0.4, -0.2) is 12.1 Å². The molecular formula is C38H29N3S. The van der Waals surface area contributed by atoms with E-state index in [4.69, 9.17) is 10.4 Å². The fourth-order valence-corrected chi connectivity index (χ4v) is 5.29. The van der Waals surface area contributed by atoms with Gasteiger partial charge in [-0.15, -0.1) is 12.6 Å². The monoisotopic (exact) mass is 559 g/mol. The van der Waals surface area contributed by atoms with Gasteiger partial charge in [0.05, 0.1) is 17.7 Å². The highest BCUT2D eigenvalue weighted by atomic mass is 32.1. The van der Waals surface area contributed by atoms with Crippen LogP contribution in [0.5, 0.6) is 0 Å². The van der Waals surface area contributed by atoms with Gasteiger partial charge in [-0.2, -0.15) is 0 Å². The molecule has 0 amide bonds. The average Bonchev–Trinajstić information content (AvgIpc) is 3.06. The van der Waals surface area contributed by atoms with Gasteiger partial charge in [-0.05, 0) is 46.0 Å². The summed E-state index contributed by atoms with van der Waals surface area (Å²) < 4.78 is 0. The predicted octanol–water partition coefficient (Wildman–Crippen LogP) is 10.2. The molecule has 0 atom stereocenters. The van der Waals surface area contributed by atoms with Crippen LogP contribution in [0.2, 0.25) is 0 Å². The van der Waals surface area contributed by atoms with Crippen molar-refractivity contribution in [3.8, 4) is 33.4 Å². The van der Waals surface area contributed by atoms with Gasteiger partial charge in [0, 0.05) is 27.3 Å². The van der Waals surface area contributed by atoms with Crippen LogP contribution in [0.15, 0.2) is 162 Å². The molecule has 0 spiro atoms. The second kappa shape index (κ2) is 12.5. The Labute approximate surface area is 252 Å². The van der Waals surface area contributed by atoms with Crippen LogP contribution < -0.4 is 5.32 Å². The summed E-state index contributed by atoms with van der Waals surface area (Å²) >= 11 is 4.68. The van der Waals surface area contributed by atoms with E-state index in [-0.39, 0.29) is 0 Å². The molecule has 0 bridgehead atoms. The van der Waals surface area contributed by atoms with Crippen molar-refractivity contribution in [2.75, 3.05) is 5.32 Å². The molecule has 4 heteroatoms. The minimum atomic E-state index is 0.430. The van der Waals surface area contributed by atoms with Crippen molar-refractivity contribution in [3.05, 3.63) is 163 Å². The van der Waals surface area contributed by atoms with Gasteiger partial charge < -0.3 is 5.32 Å². The number of nitrogens with zero attached hydrogens (tertiary/aromatic N) is 1. The SMILES string of the molecule is N=C(c1ccc(-c2ccccc2)cc1)c1ccccc1N=CNc1cc(-c2ccccc2S)ccc1-c1ccccc1. The number of hydrogen-bond acceptors (Lipinski definition) is 3. The maximum Gasteiger partial charge on any atom is 0.0930 e. The quantitative estimate of drug-likeness (QED) is 0.0970. The normalized spacial score (nSPS) is 11.0. The lowest BCUT2D eigenvalue weighted by Crippen LogP contribution is -2.02. The Bertz CT molecular complexity index is 1860. The fourth-order valence-electron chi connectivity index (χ4n) is 5.00. The van der Waals surface area contributed by atoms with Crippen molar-refractivity contribution >= 4 is 36.1 Å². The number of rotatable bonds is 8. The molecule has 202 valence electrons. The molecule has 0 aliphatic rings. The summed E-state index contributed by atoms with van der Waals surface area (Å²) in [5.74, 6) is 0. The molecule has 0 aliphatic carbocycles. The minimum absolute atomic E-state index is 0.430. The van der Waals surface area contributed by atoms with Crippen molar-refractivity contribution < 1.29 is 0 Å². The molecule has 6 aromatic rings. The summed E-state index contributed by atoms with van der Waals surface area (Å²) in [6.07, 6.45) is 1.71. The molecule has 42 heavy (non-hydrogen) atoms. The van der Waals surface area contributed by atoms with Gasteiger partial charge in [0.15, 0.2) is 0 Å². The smallest absolute Gasteiger partial charge is 0.0930 e. The Morgan fingerprint density at radius 2 is 1.17 bits per heavy atom. The molecule has 0 aromatic heterocycles. The van der Waals surface area contributed by atoms with E-state index in [9.17, 15) is 0 Å². The maximum atomic E-state index is 8.97. The first-order valence-electron chi connectivity index (χ1n) is 13.8. The van der Waals surface area contributed by atoms with E-state index in [1.165, 1.54) is 0 Å². The molecule has 0 fully saturated rings. The number of hydrogen-bond donors (Lipinski definition) is 3. The van der Waals surface area contributed by atoms with E-state index in [1.807, 2.05) is 91.0 Å². The van der Waals surface area contributed by atoms with Gasteiger partial charge >= 0.3 is 0 Å². The zero-order chi connectivity index (χ0) is 28.7. The van der Waals surface area contributed by atoms with E-state index in [1.54, 1.807) is 6.34 Å². The van der Waals surface area contributed by atoms with E-state index >= 15 is 0 Å². The molecule has 3 nitrogen and oxygen atoms in total. The van der Waals surface area contributed by atoms with Crippen molar-refractivity contribution in [1.29, 1.82) is 5.41 Å². The summed E-state index contributed by atoms with van der Waals surface area (Å²) in [6.45, 7) is 0. The number of para-hydroxylation sites is 1. The van der Waals surface area contributed by atoms with Gasteiger partial charge in [-0.3, -0.25) is 5.41 Å². The number of benzene rings is 6. The molecule has 0 radical (unpaired) electrons. The van der Waals surface area contributed by atoms with Crippen LogP contribution >= 0.6 is 12.6 Å². The highest BCUT2D eigenvalue weighted by Gasteiger charge is 2.11. The van der Waals surface area contributed by atoms with Gasteiger partial charge in [0.2, 0.25) is 0 Å². The third-order valence-electron chi connectivity index (χ3n) is 7.20. The van der Waals surface area contributed by atoms with Crippen molar-refractivity contribution in [1.82, 2.24) is 0 Å².